The van der Waals surface area contributed by atoms with E-state index in [-0.39, 0.29) is 17.9 Å². The molecule has 134 valence electrons. The molecule has 1 fully saturated rings. The minimum atomic E-state index is -0.511. The highest BCUT2D eigenvalue weighted by molar-refractivity contribution is 5.92. The van der Waals surface area contributed by atoms with E-state index in [4.69, 9.17) is 10.00 Å². The second kappa shape index (κ2) is 8.02. The minimum Gasteiger partial charge on any atom is -0.444 e. The second-order valence-corrected chi connectivity index (χ2v) is 7.26. The molecule has 1 N–H and O–H groups in total. The summed E-state index contributed by atoms with van der Waals surface area (Å²) in [6.07, 6.45) is 1.28. The zero-order valence-corrected chi connectivity index (χ0v) is 15.0. The van der Waals surface area contributed by atoms with Crippen LogP contribution in [0, 0.1) is 17.2 Å². The lowest BCUT2D eigenvalue weighted by Gasteiger charge is -2.32. The molecule has 1 aliphatic rings. The molecule has 6 heteroatoms. The van der Waals surface area contributed by atoms with Crippen molar-refractivity contribution >= 4 is 17.7 Å². The molecule has 1 saturated heterocycles. The molecule has 0 spiro atoms. The largest absolute Gasteiger partial charge is 0.444 e. The van der Waals surface area contributed by atoms with Crippen molar-refractivity contribution in [1.29, 1.82) is 5.26 Å². The Balaban J connectivity index is 1.83. The zero-order chi connectivity index (χ0) is 18.4. The molecule has 1 aromatic rings. The van der Waals surface area contributed by atoms with Crippen molar-refractivity contribution < 1.29 is 14.3 Å². The Bertz CT molecular complexity index is 648. The number of anilines is 1. The number of nitriles is 1. The van der Waals surface area contributed by atoms with E-state index in [9.17, 15) is 9.59 Å². The van der Waals surface area contributed by atoms with Gasteiger partial charge in [-0.2, -0.15) is 5.26 Å². The predicted octanol–water partition coefficient (Wildman–Crippen LogP) is 3.34. The third-order valence-electron chi connectivity index (χ3n) is 4.02. The summed E-state index contributed by atoms with van der Waals surface area (Å²) in [7, 11) is 0. The summed E-state index contributed by atoms with van der Waals surface area (Å²) in [5, 5.41) is 11.6. The van der Waals surface area contributed by atoms with Crippen molar-refractivity contribution in [2.45, 2.75) is 45.6 Å². The normalized spacial score (nSPS) is 15.4. The molecule has 2 rings (SSSR count). The van der Waals surface area contributed by atoms with Crippen LogP contribution in [-0.2, 0) is 16.0 Å². The number of nitrogens with one attached hydrogen (secondary N) is 1. The summed E-state index contributed by atoms with van der Waals surface area (Å²) in [5.41, 5.74) is 1.13. The summed E-state index contributed by atoms with van der Waals surface area (Å²) in [6.45, 7) is 6.56. The van der Waals surface area contributed by atoms with E-state index in [1.54, 1.807) is 17.0 Å². The van der Waals surface area contributed by atoms with Gasteiger partial charge in [0.05, 0.1) is 12.5 Å². The Morgan fingerprint density at radius 1 is 1.24 bits per heavy atom. The first kappa shape index (κ1) is 18.8. The van der Waals surface area contributed by atoms with Gasteiger partial charge in [0.25, 0.3) is 0 Å². The Labute approximate surface area is 148 Å². The molecule has 0 aliphatic carbocycles. The molecule has 0 unspecified atom stereocenters. The monoisotopic (exact) mass is 343 g/mol. The number of likely N-dealkylation sites (tertiary alicyclic amines) is 1. The van der Waals surface area contributed by atoms with Crippen LogP contribution in [0.1, 0.15) is 39.2 Å². The van der Waals surface area contributed by atoms with Gasteiger partial charge in [0.2, 0.25) is 5.91 Å². The van der Waals surface area contributed by atoms with Crippen LogP contribution in [0.5, 0.6) is 0 Å². The number of nitrogens with zero attached hydrogens (tertiary/aromatic N) is 2. The van der Waals surface area contributed by atoms with Crippen LogP contribution >= 0.6 is 0 Å². The van der Waals surface area contributed by atoms with Crippen LogP contribution in [0.15, 0.2) is 24.3 Å². The molecule has 0 aromatic heterocycles. The van der Waals surface area contributed by atoms with Gasteiger partial charge in [-0.25, -0.2) is 4.79 Å². The number of benzene rings is 1. The van der Waals surface area contributed by atoms with Gasteiger partial charge in [-0.3, -0.25) is 4.79 Å². The number of piperidine rings is 1. The van der Waals surface area contributed by atoms with E-state index >= 15 is 0 Å². The summed E-state index contributed by atoms with van der Waals surface area (Å²) in [6, 6.07) is 9.38. The number of carbonyl (C=O) groups is 2. The van der Waals surface area contributed by atoms with Gasteiger partial charge in [0.1, 0.15) is 5.60 Å². The van der Waals surface area contributed by atoms with Gasteiger partial charge in [-0.05, 0) is 51.3 Å². The van der Waals surface area contributed by atoms with Crippen LogP contribution in [-0.4, -0.2) is 35.6 Å². The number of ether oxygens (including phenoxy) is 1. The maximum atomic E-state index is 12.4. The number of amides is 2. The Kier molecular flexibility index (Phi) is 6.02. The number of rotatable bonds is 3. The van der Waals surface area contributed by atoms with E-state index in [1.807, 2.05) is 32.9 Å². The molecule has 0 atom stereocenters. The maximum absolute atomic E-state index is 12.4. The number of hydrogen-bond acceptors (Lipinski definition) is 4. The molecule has 25 heavy (non-hydrogen) atoms. The molecule has 1 aliphatic heterocycles. The lowest BCUT2D eigenvalue weighted by molar-refractivity contribution is -0.121. The van der Waals surface area contributed by atoms with Gasteiger partial charge in [0, 0.05) is 24.7 Å². The smallest absolute Gasteiger partial charge is 0.410 e. The fourth-order valence-corrected chi connectivity index (χ4v) is 2.69. The van der Waals surface area contributed by atoms with Crippen LogP contribution in [0.25, 0.3) is 0 Å². The number of carbonyl (C=O) groups excluding carboxylic acids is 2. The molecule has 1 aromatic carbocycles. The first-order valence-electron chi connectivity index (χ1n) is 8.53. The van der Waals surface area contributed by atoms with Crippen molar-refractivity contribution in [1.82, 2.24) is 4.90 Å². The van der Waals surface area contributed by atoms with Crippen molar-refractivity contribution in [3.05, 3.63) is 29.8 Å². The first-order valence-corrected chi connectivity index (χ1v) is 8.53. The third-order valence-corrected chi connectivity index (χ3v) is 4.02. The van der Waals surface area contributed by atoms with E-state index in [0.29, 0.717) is 32.4 Å². The molecule has 2 amide bonds. The zero-order valence-electron chi connectivity index (χ0n) is 15.0. The Hall–Kier alpha value is -2.55. The van der Waals surface area contributed by atoms with Crippen LogP contribution in [0.4, 0.5) is 10.5 Å². The van der Waals surface area contributed by atoms with Crippen LogP contribution in [0.2, 0.25) is 0 Å². The summed E-state index contributed by atoms with van der Waals surface area (Å²) >= 11 is 0. The van der Waals surface area contributed by atoms with Gasteiger partial charge >= 0.3 is 6.09 Å². The molecule has 1 heterocycles. The highest BCUT2D eigenvalue weighted by atomic mass is 16.6. The molecule has 6 nitrogen and oxygen atoms in total. The van der Waals surface area contributed by atoms with Gasteiger partial charge in [0.15, 0.2) is 0 Å². The quantitative estimate of drug-likeness (QED) is 0.912. The molecule has 0 bridgehead atoms. The highest BCUT2D eigenvalue weighted by Gasteiger charge is 2.29. The van der Waals surface area contributed by atoms with E-state index in [0.717, 1.165) is 11.3 Å². The molecule has 0 radical (unpaired) electrons. The third kappa shape index (κ3) is 5.79. The fourth-order valence-electron chi connectivity index (χ4n) is 2.69. The van der Waals surface area contributed by atoms with E-state index < -0.39 is 5.60 Å². The Morgan fingerprint density at radius 3 is 2.36 bits per heavy atom. The van der Waals surface area contributed by atoms with Crippen molar-refractivity contribution in [2.75, 3.05) is 18.4 Å². The van der Waals surface area contributed by atoms with Crippen molar-refractivity contribution in [2.24, 2.45) is 5.92 Å². The molecular formula is C19H25N3O3. The predicted molar refractivity (Wildman–Crippen MR) is 94.9 cm³/mol. The molecular weight excluding hydrogens is 318 g/mol. The second-order valence-electron chi connectivity index (χ2n) is 7.26. The number of hydrogen-bond donors (Lipinski definition) is 1. The van der Waals surface area contributed by atoms with Crippen molar-refractivity contribution in [3.8, 4) is 6.07 Å². The maximum Gasteiger partial charge on any atom is 0.410 e. The van der Waals surface area contributed by atoms with Gasteiger partial charge in [-0.1, -0.05) is 12.1 Å². The Morgan fingerprint density at radius 2 is 1.84 bits per heavy atom. The average molecular weight is 343 g/mol. The van der Waals surface area contributed by atoms with Crippen LogP contribution in [0.3, 0.4) is 0 Å². The average Bonchev–Trinajstić information content (AvgIpc) is 2.55. The molecule has 0 saturated carbocycles. The summed E-state index contributed by atoms with van der Waals surface area (Å²) < 4.78 is 5.36. The van der Waals surface area contributed by atoms with Gasteiger partial charge in [-0.15, -0.1) is 0 Å². The topological polar surface area (TPSA) is 82.4 Å². The minimum absolute atomic E-state index is 0.0307. The van der Waals surface area contributed by atoms with Crippen molar-refractivity contribution in [3.63, 3.8) is 0 Å². The first-order chi connectivity index (χ1) is 11.8. The summed E-state index contributed by atoms with van der Waals surface area (Å²) in [4.78, 5) is 26.1. The lowest BCUT2D eigenvalue weighted by Crippen LogP contribution is -2.43. The highest BCUT2D eigenvalue weighted by Crippen LogP contribution is 2.21. The van der Waals surface area contributed by atoms with Gasteiger partial charge < -0.3 is 15.0 Å². The SMILES string of the molecule is CC(C)(C)OC(=O)N1CCC(C(=O)Nc2ccc(CC#N)cc2)CC1. The lowest BCUT2D eigenvalue weighted by atomic mass is 9.96. The van der Waals surface area contributed by atoms with Crippen LogP contribution < -0.4 is 5.32 Å². The fraction of sp³-hybridized carbons (Fsp3) is 0.526. The van der Waals surface area contributed by atoms with E-state index in [2.05, 4.69) is 11.4 Å². The standard InChI is InChI=1S/C19H25N3O3/c1-19(2,3)25-18(24)22-12-9-15(10-13-22)17(23)21-16-6-4-14(5-7-16)8-11-20/h4-7,15H,8-10,12-13H2,1-3H3,(H,21,23). The van der Waals surface area contributed by atoms with E-state index in [1.165, 1.54) is 0 Å². The summed E-state index contributed by atoms with van der Waals surface area (Å²) in [5.74, 6) is -0.144.